The Morgan fingerprint density at radius 2 is 0.324 bits per heavy atom. The van der Waals surface area contributed by atoms with Crippen LogP contribution in [0.5, 0.6) is 0 Å². The maximum atomic E-state index is 2.27. The molecule has 0 radical (unpaired) electrons. The summed E-state index contributed by atoms with van der Waals surface area (Å²) in [5.74, 6) is 0. The molecule has 0 aliphatic rings. The molecule has 0 aromatic heterocycles. The molecule has 0 heteroatoms. The van der Waals surface area contributed by atoms with Gasteiger partial charge in [-0.3, -0.25) is 0 Å². The first-order chi connectivity index (χ1) is 49.5. The average molecular weight is 1320 g/mol. The van der Waals surface area contributed by atoms with Crippen molar-refractivity contribution in [2.45, 2.75) is 83.1 Å². The fraction of sp³-hybridized carbons (Fsp3) is 0.118. The van der Waals surface area contributed by atoms with Crippen molar-refractivity contribution in [1.82, 2.24) is 0 Å². The van der Waals surface area contributed by atoms with E-state index < -0.39 is 0 Å². The Kier molecular flexibility index (Phi) is 26.1. The van der Waals surface area contributed by atoms with Gasteiger partial charge in [0.25, 0.3) is 0 Å². The van der Waals surface area contributed by atoms with Crippen molar-refractivity contribution < 1.29 is 0 Å². The van der Waals surface area contributed by atoms with Gasteiger partial charge in [0, 0.05) is 0 Å². The Balaban J connectivity index is 0.000000133. The molecule has 0 saturated heterocycles. The molecule has 15 rings (SSSR count). The lowest BCUT2D eigenvalue weighted by atomic mass is 9.96. The minimum absolute atomic E-state index is 1.27. The van der Waals surface area contributed by atoms with E-state index in [-0.39, 0.29) is 0 Å². The second kappa shape index (κ2) is 36.4. The van der Waals surface area contributed by atoms with Crippen LogP contribution in [0.25, 0.3) is 100 Å². The number of hydrogen-bond acceptors (Lipinski definition) is 0. The second-order valence-corrected chi connectivity index (χ2v) is 27.0. The topological polar surface area (TPSA) is 0 Å². The fourth-order valence-corrected chi connectivity index (χ4v) is 12.6. The van der Waals surface area contributed by atoms with Crippen molar-refractivity contribution in [3.8, 4) is 100 Å². The van der Waals surface area contributed by atoms with E-state index in [9.17, 15) is 0 Å². The molecule has 0 N–H and O–H groups in total. The van der Waals surface area contributed by atoms with Gasteiger partial charge in [-0.05, 0) is 229 Å². The molecule has 0 unspecified atom stereocenters. The first kappa shape index (κ1) is 73.0. The minimum atomic E-state index is 1.27. The van der Waals surface area contributed by atoms with Gasteiger partial charge in [-0.1, -0.05) is 385 Å². The van der Waals surface area contributed by atoms with Gasteiger partial charge in [0.2, 0.25) is 0 Å². The third kappa shape index (κ3) is 21.2. The molecule has 0 nitrogen and oxygen atoms in total. The van der Waals surface area contributed by atoms with Crippen molar-refractivity contribution in [3.05, 3.63) is 431 Å². The third-order valence-corrected chi connectivity index (χ3v) is 18.3. The summed E-state index contributed by atoms with van der Waals surface area (Å²) < 4.78 is 0. The van der Waals surface area contributed by atoms with Crippen LogP contribution in [0.3, 0.4) is 0 Å². The Morgan fingerprint density at radius 3 is 0.667 bits per heavy atom. The summed E-state index contributed by atoms with van der Waals surface area (Å²) in [5.41, 5.74) is 38.9. The Labute approximate surface area is 610 Å². The second-order valence-electron chi connectivity index (χ2n) is 27.0. The van der Waals surface area contributed by atoms with Crippen molar-refractivity contribution in [2.24, 2.45) is 0 Å². The van der Waals surface area contributed by atoms with Crippen LogP contribution in [-0.4, -0.2) is 0 Å². The monoisotopic (exact) mass is 1320 g/mol. The lowest BCUT2D eigenvalue weighted by molar-refractivity contribution is 1.41. The summed E-state index contributed by atoms with van der Waals surface area (Å²) in [6.07, 6.45) is 0. The molecular formula is C102H96. The largest absolute Gasteiger partial charge is 0.0622 e. The Morgan fingerprint density at radius 1 is 0.108 bits per heavy atom. The third-order valence-electron chi connectivity index (χ3n) is 18.3. The normalized spacial score (nSPS) is 10.4. The molecule has 0 amide bonds. The predicted molar refractivity (Wildman–Crippen MR) is 444 cm³/mol. The molecule has 0 atom stereocenters. The number of aryl methyl sites for hydroxylation is 12. The van der Waals surface area contributed by atoms with Crippen molar-refractivity contribution >= 4 is 0 Å². The van der Waals surface area contributed by atoms with Gasteiger partial charge in [-0.2, -0.15) is 0 Å². The van der Waals surface area contributed by atoms with Gasteiger partial charge < -0.3 is 0 Å². The van der Waals surface area contributed by atoms with Crippen LogP contribution in [0.2, 0.25) is 0 Å². The molecule has 0 heterocycles. The predicted octanol–water partition coefficient (Wildman–Crippen LogP) is 28.8. The molecule has 0 aliphatic carbocycles. The molecule has 15 aromatic carbocycles. The smallest absolute Gasteiger partial charge is 0.0152 e. The van der Waals surface area contributed by atoms with E-state index >= 15 is 0 Å². The van der Waals surface area contributed by atoms with Crippen LogP contribution < -0.4 is 0 Å². The highest BCUT2D eigenvalue weighted by molar-refractivity contribution is 5.77. The zero-order chi connectivity index (χ0) is 71.7. The molecule has 0 saturated carbocycles. The highest BCUT2D eigenvalue weighted by Gasteiger charge is 2.08. The van der Waals surface area contributed by atoms with E-state index in [0.717, 1.165) is 0 Å². The highest BCUT2D eigenvalue weighted by Crippen LogP contribution is 2.33. The molecule has 102 heavy (non-hydrogen) atoms. The van der Waals surface area contributed by atoms with Gasteiger partial charge in [0.15, 0.2) is 0 Å². The summed E-state index contributed by atoms with van der Waals surface area (Å²) in [4.78, 5) is 0. The Hall–Kier alpha value is -11.7. The molecule has 504 valence electrons. The standard InChI is InChI=1S/3C20H18.3C14H14/c1-15-6-3-8-17(12-15)19-10-5-11-20(14-19)18-9-4-7-16(2)13-18;1-15-9-11-17(12-10-15)19-7-4-8-20(14-19)18-6-3-5-16(2)13-18;1-15-8-10-18(11-9-15)20-13-16(2)12-19(14-20)17-6-4-3-5-7-17;1-11-7-3-5-9-13(11)14-10-6-4-8-12(14)2;1-11-6-5-8-13(10-11)14-9-4-3-7-12(14)2;1-11-7-9-13(10-8-11)14-6-4-3-5-12(14)2/h3*3-14H,1-2H3;3*3-10H,1-2H3. The number of benzene rings is 15. The SMILES string of the molecule is Cc1ccc(-c2cc(C)cc(-c3ccccc3)c2)cc1.Cc1ccc(-c2cccc(-c3cccc(C)c3)c2)cc1.Cc1ccc(-c2ccccc2C)cc1.Cc1cccc(-c2cccc(-c3cccc(C)c3)c2)c1.Cc1cccc(-c2ccccc2C)c1.Cc1ccccc1-c1ccccc1C. The van der Waals surface area contributed by atoms with E-state index in [1.54, 1.807) is 0 Å². The molecule has 0 fully saturated rings. The van der Waals surface area contributed by atoms with Crippen LogP contribution in [0, 0.1) is 83.1 Å². The zero-order valence-electron chi connectivity index (χ0n) is 61.6. The van der Waals surface area contributed by atoms with Crippen LogP contribution in [0.4, 0.5) is 0 Å². The average Bonchev–Trinajstić information content (AvgIpc) is 0.850. The number of rotatable bonds is 9. The number of hydrogen-bond donors (Lipinski definition) is 0. The first-order valence-corrected chi connectivity index (χ1v) is 35.6. The van der Waals surface area contributed by atoms with Crippen molar-refractivity contribution in [1.29, 1.82) is 0 Å². The lowest BCUT2D eigenvalue weighted by Crippen LogP contribution is -1.85. The molecule has 0 aliphatic heterocycles. The zero-order valence-corrected chi connectivity index (χ0v) is 61.6. The minimum Gasteiger partial charge on any atom is -0.0622 e. The van der Waals surface area contributed by atoms with Crippen LogP contribution >= 0.6 is 0 Å². The first-order valence-electron chi connectivity index (χ1n) is 35.6. The summed E-state index contributed by atoms with van der Waals surface area (Å²) in [6, 6.07) is 129. The summed E-state index contributed by atoms with van der Waals surface area (Å²) in [6.45, 7) is 25.6. The van der Waals surface area contributed by atoms with Gasteiger partial charge >= 0.3 is 0 Å². The highest BCUT2D eigenvalue weighted by atomic mass is 14.1. The summed E-state index contributed by atoms with van der Waals surface area (Å²) in [7, 11) is 0. The summed E-state index contributed by atoms with van der Waals surface area (Å²) in [5, 5.41) is 0. The van der Waals surface area contributed by atoms with Crippen LogP contribution in [-0.2, 0) is 0 Å². The van der Waals surface area contributed by atoms with Gasteiger partial charge in [-0.25, -0.2) is 0 Å². The molecule has 0 spiro atoms. The lowest BCUT2D eigenvalue weighted by Gasteiger charge is -2.09. The van der Waals surface area contributed by atoms with Crippen LogP contribution in [0.1, 0.15) is 66.8 Å². The fourth-order valence-electron chi connectivity index (χ4n) is 12.6. The van der Waals surface area contributed by atoms with E-state index in [2.05, 4.69) is 447 Å². The van der Waals surface area contributed by atoms with E-state index in [4.69, 9.17) is 0 Å². The summed E-state index contributed by atoms with van der Waals surface area (Å²) >= 11 is 0. The van der Waals surface area contributed by atoms with Gasteiger partial charge in [-0.15, -0.1) is 0 Å². The molecular weight excluding hydrogens is 1230 g/mol. The van der Waals surface area contributed by atoms with Gasteiger partial charge in [0.05, 0.1) is 0 Å². The molecule has 0 bridgehead atoms. The van der Waals surface area contributed by atoms with Crippen LogP contribution in [0.15, 0.2) is 364 Å². The van der Waals surface area contributed by atoms with Crippen molar-refractivity contribution in [2.75, 3.05) is 0 Å². The Bertz CT molecular complexity index is 5040. The molecule has 15 aromatic rings. The maximum Gasteiger partial charge on any atom is -0.0152 e. The van der Waals surface area contributed by atoms with E-state index in [0.29, 0.717) is 0 Å². The van der Waals surface area contributed by atoms with Crippen molar-refractivity contribution in [3.63, 3.8) is 0 Å². The maximum absolute atomic E-state index is 2.27. The van der Waals surface area contributed by atoms with E-state index in [1.165, 1.54) is 167 Å². The quantitative estimate of drug-likeness (QED) is 0.135. The van der Waals surface area contributed by atoms with Gasteiger partial charge in [0.1, 0.15) is 0 Å². The van der Waals surface area contributed by atoms with E-state index in [1.807, 2.05) is 0 Å².